The summed E-state index contributed by atoms with van der Waals surface area (Å²) in [7, 11) is 0. The molecular formula is C13H18BrClN2O. The SMILES string of the molecule is CC(CCN)CCC(=O)Nc1ccc(Br)c(Cl)c1. The number of nitrogens with one attached hydrogen (secondary N) is 1. The van der Waals surface area contributed by atoms with Gasteiger partial charge in [-0.2, -0.15) is 0 Å². The zero-order valence-electron chi connectivity index (χ0n) is 10.4. The fourth-order valence-electron chi connectivity index (χ4n) is 1.60. The van der Waals surface area contributed by atoms with Gasteiger partial charge in [-0.3, -0.25) is 4.79 Å². The third-order valence-corrected chi connectivity index (χ3v) is 3.96. The molecule has 0 fully saturated rings. The van der Waals surface area contributed by atoms with Crippen LogP contribution in [0.3, 0.4) is 0 Å². The molecule has 0 saturated heterocycles. The lowest BCUT2D eigenvalue weighted by molar-refractivity contribution is -0.116. The molecular weight excluding hydrogens is 316 g/mol. The minimum atomic E-state index is 0.0114. The standard InChI is InChI=1S/C13H18BrClN2O/c1-9(6-7-16)2-5-13(18)17-10-3-4-11(14)12(15)8-10/h3-4,8-9H,2,5-7,16H2,1H3,(H,17,18). The van der Waals surface area contributed by atoms with Crippen LogP contribution in [-0.4, -0.2) is 12.5 Å². The van der Waals surface area contributed by atoms with Crippen molar-refractivity contribution in [3.05, 3.63) is 27.7 Å². The molecule has 100 valence electrons. The van der Waals surface area contributed by atoms with E-state index in [1.54, 1.807) is 6.07 Å². The summed E-state index contributed by atoms with van der Waals surface area (Å²) in [6.45, 7) is 2.78. The van der Waals surface area contributed by atoms with Crippen LogP contribution in [0.5, 0.6) is 0 Å². The van der Waals surface area contributed by atoms with Crippen LogP contribution in [0.25, 0.3) is 0 Å². The van der Waals surface area contributed by atoms with E-state index in [0.717, 1.165) is 23.0 Å². The van der Waals surface area contributed by atoms with Crippen molar-refractivity contribution in [2.45, 2.75) is 26.2 Å². The van der Waals surface area contributed by atoms with Gasteiger partial charge in [0.15, 0.2) is 0 Å². The first-order valence-electron chi connectivity index (χ1n) is 5.98. The second kappa shape index (κ2) is 7.77. The van der Waals surface area contributed by atoms with Crippen molar-refractivity contribution in [1.82, 2.24) is 0 Å². The Labute approximate surface area is 121 Å². The van der Waals surface area contributed by atoms with Crippen LogP contribution >= 0.6 is 27.5 Å². The van der Waals surface area contributed by atoms with Crippen molar-refractivity contribution in [1.29, 1.82) is 0 Å². The topological polar surface area (TPSA) is 55.1 Å². The Bertz CT molecular complexity index is 412. The molecule has 0 heterocycles. The second-order valence-electron chi connectivity index (χ2n) is 4.40. The first kappa shape index (κ1) is 15.5. The molecule has 1 rings (SSSR count). The molecule has 0 aromatic heterocycles. The van der Waals surface area contributed by atoms with Gasteiger partial charge in [0, 0.05) is 16.6 Å². The number of carbonyl (C=O) groups is 1. The first-order valence-corrected chi connectivity index (χ1v) is 7.15. The predicted molar refractivity (Wildman–Crippen MR) is 79.9 cm³/mol. The molecule has 0 radical (unpaired) electrons. The largest absolute Gasteiger partial charge is 0.330 e. The molecule has 1 amide bonds. The fourth-order valence-corrected chi connectivity index (χ4v) is 2.03. The third kappa shape index (κ3) is 5.38. The Kier molecular flexibility index (Phi) is 6.68. The maximum Gasteiger partial charge on any atom is 0.224 e. The summed E-state index contributed by atoms with van der Waals surface area (Å²) in [5, 5.41) is 3.42. The second-order valence-corrected chi connectivity index (χ2v) is 5.66. The van der Waals surface area contributed by atoms with E-state index in [0.29, 0.717) is 23.9 Å². The van der Waals surface area contributed by atoms with E-state index in [-0.39, 0.29) is 5.91 Å². The number of nitrogens with two attached hydrogens (primary N) is 1. The van der Waals surface area contributed by atoms with Gasteiger partial charge in [0.1, 0.15) is 0 Å². The number of amides is 1. The molecule has 0 spiro atoms. The molecule has 1 aromatic rings. The monoisotopic (exact) mass is 332 g/mol. The molecule has 0 aliphatic heterocycles. The van der Waals surface area contributed by atoms with Crippen molar-refractivity contribution < 1.29 is 4.79 Å². The van der Waals surface area contributed by atoms with Gasteiger partial charge in [-0.15, -0.1) is 0 Å². The van der Waals surface area contributed by atoms with E-state index in [1.165, 1.54) is 0 Å². The zero-order valence-corrected chi connectivity index (χ0v) is 12.7. The number of halogens is 2. The predicted octanol–water partition coefficient (Wildman–Crippen LogP) is 3.81. The van der Waals surface area contributed by atoms with E-state index >= 15 is 0 Å². The van der Waals surface area contributed by atoms with E-state index in [2.05, 4.69) is 28.2 Å². The van der Waals surface area contributed by atoms with Crippen molar-refractivity contribution >= 4 is 39.1 Å². The zero-order chi connectivity index (χ0) is 13.5. The van der Waals surface area contributed by atoms with Crippen molar-refractivity contribution in [2.75, 3.05) is 11.9 Å². The van der Waals surface area contributed by atoms with Crippen LogP contribution in [-0.2, 0) is 4.79 Å². The molecule has 1 unspecified atom stereocenters. The average molecular weight is 334 g/mol. The van der Waals surface area contributed by atoms with Crippen LogP contribution < -0.4 is 11.1 Å². The minimum absolute atomic E-state index is 0.0114. The minimum Gasteiger partial charge on any atom is -0.330 e. The van der Waals surface area contributed by atoms with Gasteiger partial charge < -0.3 is 11.1 Å². The summed E-state index contributed by atoms with van der Waals surface area (Å²) in [6.07, 6.45) is 2.32. The number of hydrogen-bond acceptors (Lipinski definition) is 2. The van der Waals surface area contributed by atoms with Gasteiger partial charge >= 0.3 is 0 Å². The lowest BCUT2D eigenvalue weighted by Crippen LogP contribution is -2.14. The summed E-state index contributed by atoms with van der Waals surface area (Å²) >= 11 is 9.26. The normalized spacial score (nSPS) is 12.2. The van der Waals surface area contributed by atoms with Crippen molar-refractivity contribution in [2.24, 2.45) is 11.7 Å². The quantitative estimate of drug-likeness (QED) is 0.832. The average Bonchev–Trinajstić information content (AvgIpc) is 2.32. The third-order valence-electron chi connectivity index (χ3n) is 2.73. The summed E-state index contributed by atoms with van der Waals surface area (Å²) in [6, 6.07) is 5.36. The van der Waals surface area contributed by atoms with E-state index in [1.807, 2.05) is 12.1 Å². The van der Waals surface area contributed by atoms with Gasteiger partial charge in [0.25, 0.3) is 0 Å². The molecule has 0 aliphatic carbocycles. The highest BCUT2D eigenvalue weighted by molar-refractivity contribution is 9.10. The van der Waals surface area contributed by atoms with Crippen molar-refractivity contribution in [3.8, 4) is 0 Å². The molecule has 18 heavy (non-hydrogen) atoms. The molecule has 0 aliphatic rings. The summed E-state index contributed by atoms with van der Waals surface area (Å²) in [5.74, 6) is 0.492. The molecule has 0 bridgehead atoms. The molecule has 3 nitrogen and oxygen atoms in total. The van der Waals surface area contributed by atoms with Crippen LogP contribution in [0, 0.1) is 5.92 Å². The fraction of sp³-hybridized carbons (Fsp3) is 0.462. The summed E-state index contributed by atoms with van der Waals surface area (Å²) in [5.41, 5.74) is 6.19. The van der Waals surface area contributed by atoms with Gasteiger partial charge in [-0.25, -0.2) is 0 Å². The van der Waals surface area contributed by atoms with Gasteiger partial charge in [0.05, 0.1) is 5.02 Å². The highest BCUT2D eigenvalue weighted by Gasteiger charge is 2.07. The smallest absolute Gasteiger partial charge is 0.224 e. The molecule has 0 saturated carbocycles. The molecule has 1 aromatic carbocycles. The Balaban J connectivity index is 2.42. The van der Waals surface area contributed by atoms with Crippen LogP contribution in [0.4, 0.5) is 5.69 Å². The molecule has 1 atom stereocenters. The highest BCUT2D eigenvalue weighted by atomic mass is 79.9. The van der Waals surface area contributed by atoms with Crippen LogP contribution in [0.15, 0.2) is 22.7 Å². The van der Waals surface area contributed by atoms with E-state index in [9.17, 15) is 4.79 Å². The van der Waals surface area contributed by atoms with E-state index < -0.39 is 0 Å². The number of benzene rings is 1. The number of carbonyl (C=O) groups excluding carboxylic acids is 1. The number of anilines is 1. The Morgan fingerprint density at radius 3 is 2.83 bits per heavy atom. The summed E-state index contributed by atoms with van der Waals surface area (Å²) < 4.78 is 0.818. The Morgan fingerprint density at radius 2 is 2.22 bits per heavy atom. The molecule has 5 heteroatoms. The number of rotatable bonds is 6. The van der Waals surface area contributed by atoms with Gasteiger partial charge in [0.2, 0.25) is 5.91 Å². The van der Waals surface area contributed by atoms with E-state index in [4.69, 9.17) is 17.3 Å². The molecule has 3 N–H and O–H groups in total. The Morgan fingerprint density at radius 1 is 1.50 bits per heavy atom. The highest BCUT2D eigenvalue weighted by Crippen LogP contribution is 2.25. The Hall–Kier alpha value is -0.580. The maximum absolute atomic E-state index is 11.7. The van der Waals surface area contributed by atoms with Crippen molar-refractivity contribution in [3.63, 3.8) is 0 Å². The van der Waals surface area contributed by atoms with Gasteiger partial charge in [-0.1, -0.05) is 18.5 Å². The first-order chi connectivity index (χ1) is 8.52. The lowest BCUT2D eigenvalue weighted by Gasteiger charge is -2.10. The van der Waals surface area contributed by atoms with Crippen LogP contribution in [0.1, 0.15) is 26.2 Å². The number of hydrogen-bond donors (Lipinski definition) is 2. The van der Waals surface area contributed by atoms with Gasteiger partial charge in [-0.05, 0) is 59.4 Å². The summed E-state index contributed by atoms with van der Waals surface area (Å²) in [4.78, 5) is 11.7. The lowest BCUT2D eigenvalue weighted by atomic mass is 10.0. The maximum atomic E-state index is 11.7. The van der Waals surface area contributed by atoms with Crippen LogP contribution in [0.2, 0.25) is 5.02 Å².